The molecule has 0 radical (unpaired) electrons. The fourth-order valence-corrected chi connectivity index (χ4v) is 4.15. The van der Waals surface area contributed by atoms with Crippen molar-refractivity contribution in [1.29, 1.82) is 0 Å². The molecule has 3 heterocycles. The molecule has 30 heavy (non-hydrogen) atoms. The van der Waals surface area contributed by atoms with Crippen LogP contribution in [0.15, 0.2) is 74.5 Å². The van der Waals surface area contributed by atoms with Gasteiger partial charge in [-0.05, 0) is 48.7 Å². The number of nitrogens with zero attached hydrogens (tertiary/aromatic N) is 1. The van der Waals surface area contributed by atoms with E-state index in [4.69, 9.17) is 8.83 Å². The van der Waals surface area contributed by atoms with E-state index in [0.717, 1.165) is 17.5 Å². The van der Waals surface area contributed by atoms with Gasteiger partial charge in [0, 0.05) is 0 Å². The zero-order chi connectivity index (χ0) is 20.8. The van der Waals surface area contributed by atoms with Crippen LogP contribution >= 0.6 is 0 Å². The third-order valence-corrected chi connectivity index (χ3v) is 5.73. The number of aryl methyl sites for hydroxylation is 2. The molecule has 0 aliphatic carbocycles. The first kappa shape index (κ1) is 18.4. The minimum Gasteiger partial charge on any atom is -0.467 e. The molecule has 150 valence electrons. The topological polar surface area (TPSA) is 63.7 Å². The lowest BCUT2D eigenvalue weighted by Gasteiger charge is -2.24. The quantitative estimate of drug-likeness (QED) is 0.484. The summed E-state index contributed by atoms with van der Waals surface area (Å²) in [7, 11) is 0. The Labute approximate surface area is 173 Å². The van der Waals surface area contributed by atoms with Crippen LogP contribution in [0.3, 0.4) is 0 Å². The zero-order valence-electron chi connectivity index (χ0n) is 16.8. The highest BCUT2D eigenvalue weighted by molar-refractivity contribution is 5.99. The van der Waals surface area contributed by atoms with Gasteiger partial charge in [-0.2, -0.15) is 0 Å². The van der Waals surface area contributed by atoms with Gasteiger partial charge in [-0.25, -0.2) is 0 Å². The van der Waals surface area contributed by atoms with Crippen LogP contribution in [0.2, 0.25) is 0 Å². The molecule has 1 aliphatic rings. The third kappa shape index (κ3) is 2.86. The van der Waals surface area contributed by atoms with Crippen molar-refractivity contribution in [3.63, 3.8) is 0 Å². The predicted octanol–water partition coefficient (Wildman–Crippen LogP) is 5.00. The fraction of sp³-hybridized carbons (Fsp3) is 0.200. The van der Waals surface area contributed by atoms with Crippen LogP contribution in [0.1, 0.15) is 51.5 Å². The zero-order valence-corrected chi connectivity index (χ0v) is 16.8. The number of amides is 1. The number of benzene rings is 2. The summed E-state index contributed by atoms with van der Waals surface area (Å²) in [6, 6.07) is 16.6. The van der Waals surface area contributed by atoms with E-state index in [-0.39, 0.29) is 23.6 Å². The number of fused-ring (bicyclic) bond motifs is 2. The average Bonchev–Trinajstić information content (AvgIpc) is 3.37. The van der Waals surface area contributed by atoms with E-state index in [9.17, 15) is 9.59 Å². The summed E-state index contributed by atoms with van der Waals surface area (Å²) >= 11 is 0. The highest BCUT2D eigenvalue weighted by atomic mass is 16.3. The van der Waals surface area contributed by atoms with E-state index in [1.54, 1.807) is 23.3 Å². The second-order valence-corrected chi connectivity index (χ2v) is 7.68. The molecule has 1 aliphatic heterocycles. The van der Waals surface area contributed by atoms with Crippen molar-refractivity contribution < 1.29 is 13.6 Å². The first-order chi connectivity index (χ1) is 14.6. The third-order valence-electron chi connectivity index (χ3n) is 5.73. The van der Waals surface area contributed by atoms with Gasteiger partial charge >= 0.3 is 0 Å². The lowest BCUT2D eigenvalue weighted by Crippen LogP contribution is -2.29. The van der Waals surface area contributed by atoms with Crippen LogP contribution in [-0.4, -0.2) is 10.8 Å². The van der Waals surface area contributed by atoms with Gasteiger partial charge in [-0.3, -0.25) is 9.59 Å². The minimum atomic E-state index is -0.523. The Morgan fingerprint density at radius 2 is 1.83 bits per heavy atom. The molecule has 0 unspecified atom stereocenters. The van der Waals surface area contributed by atoms with Gasteiger partial charge in [-0.15, -0.1) is 0 Å². The van der Waals surface area contributed by atoms with Crippen LogP contribution in [0.5, 0.6) is 0 Å². The second-order valence-electron chi connectivity index (χ2n) is 7.68. The standard InChI is InChI=1S/C25H21NO4/c1-3-16-7-9-17(10-8-16)22-21-23(27)19-13-15(2)6-11-20(19)30-24(21)25(28)26(22)14-18-5-4-12-29-18/h4-13,22H,3,14H2,1-2H3/t22-/m0/s1. The van der Waals surface area contributed by atoms with Crippen LogP contribution in [0.4, 0.5) is 0 Å². The van der Waals surface area contributed by atoms with Crippen molar-refractivity contribution in [1.82, 2.24) is 4.90 Å². The van der Waals surface area contributed by atoms with E-state index < -0.39 is 6.04 Å². The molecule has 0 spiro atoms. The van der Waals surface area contributed by atoms with Crippen LogP contribution in [0.25, 0.3) is 11.0 Å². The number of furan rings is 1. The monoisotopic (exact) mass is 399 g/mol. The molecular formula is C25H21NO4. The lowest BCUT2D eigenvalue weighted by molar-refractivity contribution is 0.0701. The SMILES string of the molecule is CCc1ccc([C@H]2c3c(oc4ccc(C)cc4c3=O)C(=O)N2Cc2ccco2)cc1. The summed E-state index contributed by atoms with van der Waals surface area (Å²) in [5, 5.41) is 0.497. The molecule has 1 atom stereocenters. The minimum absolute atomic E-state index is 0.118. The molecule has 2 aromatic carbocycles. The molecule has 0 saturated carbocycles. The van der Waals surface area contributed by atoms with Gasteiger partial charge in [0.2, 0.25) is 5.76 Å². The molecule has 1 amide bonds. The molecular weight excluding hydrogens is 378 g/mol. The Morgan fingerprint density at radius 1 is 1.03 bits per heavy atom. The molecule has 0 fully saturated rings. The molecule has 4 aromatic rings. The molecule has 2 aromatic heterocycles. The fourth-order valence-electron chi connectivity index (χ4n) is 4.15. The Hall–Kier alpha value is -3.60. The van der Waals surface area contributed by atoms with Crippen molar-refractivity contribution in [3.05, 3.63) is 105 Å². The molecule has 0 bridgehead atoms. The summed E-state index contributed by atoms with van der Waals surface area (Å²) < 4.78 is 11.5. The van der Waals surface area contributed by atoms with Gasteiger partial charge in [0.1, 0.15) is 11.3 Å². The normalized spacial score (nSPS) is 15.7. The van der Waals surface area contributed by atoms with E-state index in [0.29, 0.717) is 22.3 Å². The maximum Gasteiger partial charge on any atom is 0.291 e. The van der Waals surface area contributed by atoms with Crippen molar-refractivity contribution in [2.45, 2.75) is 32.9 Å². The van der Waals surface area contributed by atoms with E-state index in [1.165, 1.54) is 5.56 Å². The molecule has 5 nitrogen and oxygen atoms in total. The maximum absolute atomic E-state index is 13.5. The predicted molar refractivity (Wildman–Crippen MR) is 113 cm³/mol. The number of hydrogen-bond acceptors (Lipinski definition) is 4. The van der Waals surface area contributed by atoms with E-state index in [1.807, 2.05) is 49.4 Å². The smallest absolute Gasteiger partial charge is 0.291 e. The molecule has 0 saturated heterocycles. The van der Waals surface area contributed by atoms with Gasteiger partial charge < -0.3 is 13.7 Å². The molecule has 0 N–H and O–H groups in total. The van der Waals surface area contributed by atoms with Crippen LogP contribution in [-0.2, 0) is 13.0 Å². The largest absolute Gasteiger partial charge is 0.467 e. The van der Waals surface area contributed by atoms with E-state index >= 15 is 0 Å². The Kier molecular flexibility index (Phi) is 4.31. The van der Waals surface area contributed by atoms with Gasteiger partial charge in [0.05, 0.1) is 29.8 Å². The molecule has 5 heteroatoms. The van der Waals surface area contributed by atoms with Crippen molar-refractivity contribution in [3.8, 4) is 0 Å². The van der Waals surface area contributed by atoms with Gasteiger partial charge in [0.25, 0.3) is 5.91 Å². The number of carbonyl (C=O) groups is 1. The highest BCUT2D eigenvalue weighted by Gasteiger charge is 2.43. The highest BCUT2D eigenvalue weighted by Crippen LogP contribution is 2.39. The Morgan fingerprint density at radius 3 is 2.53 bits per heavy atom. The summed E-state index contributed by atoms with van der Waals surface area (Å²) in [5.41, 5.74) is 3.71. The van der Waals surface area contributed by atoms with Crippen LogP contribution < -0.4 is 5.43 Å². The first-order valence-corrected chi connectivity index (χ1v) is 10.1. The Bertz CT molecular complexity index is 1300. The van der Waals surface area contributed by atoms with Crippen molar-refractivity contribution in [2.24, 2.45) is 0 Å². The first-order valence-electron chi connectivity index (χ1n) is 10.1. The van der Waals surface area contributed by atoms with Crippen molar-refractivity contribution in [2.75, 3.05) is 0 Å². The van der Waals surface area contributed by atoms with Gasteiger partial charge in [0.15, 0.2) is 5.43 Å². The summed E-state index contributed by atoms with van der Waals surface area (Å²) in [6.07, 6.45) is 2.50. The van der Waals surface area contributed by atoms with E-state index in [2.05, 4.69) is 6.92 Å². The number of carbonyl (C=O) groups excluding carboxylic acids is 1. The Balaban J connectivity index is 1.73. The van der Waals surface area contributed by atoms with Crippen LogP contribution in [0, 0.1) is 6.92 Å². The number of rotatable bonds is 4. The van der Waals surface area contributed by atoms with Crippen molar-refractivity contribution >= 4 is 16.9 Å². The van der Waals surface area contributed by atoms with Gasteiger partial charge in [-0.1, -0.05) is 42.8 Å². The summed E-state index contributed by atoms with van der Waals surface area (Å²) in [4.78, 5) is 28.5. The maximum atomic E-state index is 13.5. The summed E-state index contributed by atoms with van der Waals surface area (Å²) in [6.45, 7) is 4.28. The summed E-state index contributed by atoms with van der Waals surface area (Å²) in [5.74, 6) is 0.470. The lowest BCUT2D eigenvalue weighted by atomic mass is 9.97. The average molecular weight is 399 g/mol. The second kappa shape index (κ2) is 7.02. The number of hydrogen-bond donors (Lipinski definition) is 0. The molecule has 5 rings (SSSR count).